The van der Waals surface area contributed by atoms with Gasteiger partial charge in [0.2, 0.25) is 0 Å². The molecule has 0 radical (unpaired) electrons. The van der Waals surface area contributed by atoms with Crippen LogP contribution < -0.4 is 10.1 Å². The number of ether oxygens (including phenoxy) is 1. The van der Waals surface area contributed by atoms with E-state index in [9.17, 15) is 9.59 Å². The molecule has 5 nitrogen and oxygen atoms in total. The van der Waals surface area contributed by atoms with Crippen molar-refractivity contribution in [3.05, 3.63) is 45.1 Å². The molecule has 1 aromatic carbocycles. The van der Waals surface area contributed by atoms with E-state index in [1.54, 1.807) is 35.7 Å². The second-order valence-electron chi connectivity index (χ2n) is 3.76. The number of hydrogen-bond acceptors (Lipinski definition) is 4. The minimum atomic E-state index is -1.07. The van der Waals surface area contributed by atoms with Crippen LogP contribution in [0.4, 0.5) is 5.69 Å². The molecule has 1 amide bonds. The summed E-state index contributed by atoms with van der Waals surface area (Å²) in [6.45, 7) is -0.184. The van der Waals surface area contributed by atoms with Crippen molar-refractivity contribution in [3.63, 3.8) is 0 Å². The van der Waals surface area contributed by atoms with Crippen LogP contribution in [0.15, 0.2) is 40.2 Å². The predicted molar refractivity (Wildman–Crippen MR) is 79.5 cm³/mol. The maximum absolute atomic E-state index is 11.7. The molecule has 0 saturated carbocycles. The van der Waals surface area contributed by atoms with Crippen LogP contribution >= 0.6 is 27.3 Å². The predicted octanol–water partition coefficient (Wildman–Crippen LogP) is 3.23. The first-order valence-corrected chi connectivity index (χ1v) is 7.22. The first-order chi connectivity index (χ1) is 9.56. The fraction of sp³-hybridized carbons (Fsp3) is 0.0769. The molecule has 0 saturated heterocycles. The molecule has 0 spiro atoms. The lowest BCUT2D eigenvalue weighted by molar-refractivity contribution is -0.118. The highest BCUT2D eigenvalue weighted by Gasteiger charge is 2.14. The normalized spacial score (nSPS) is 10.1. The van der Waals surface area contributed by atoms with E-state index in [0.717, 1.165) is 15.8 Å². The number of carbonyl (C=O) groups is 2. The van der Waals surface area contributed by atoms with E-state index >= 15 is 0 Å². The maximum Gasteiger partial charge on any atom is 0.348 e. The van der Waals surface area contributed by atoms with Gasteiger partial charge in [0, 0.05) is 4.47 Å². The van der Waals surface area contributed by atoms with Crippen LogP contribution in [0.1, 0.15) is 9.67 Å². The van der Waals surface area contributed by atoms with Gasteiger partial charge < -0.3 is 15.2 Å². The van der Waals surface area contributed by atoms with Crippen molar-refractivity contribution in [2.75, 3.05) is 11.9 Å². The van der Waals surface area contributed by atoms with Gasteiger partial charge in [-0.25, -0.2) is 4.79 Å². The molecule has 7 heteroatoms. The Hall–Kier alpha value is -1.86. The minimum Gasteiger partial charge on any atom is -0.484 e. The molecule has 104 valence electrons. The lowest BCUT2D eigenvalue weighted by atomic mass is 10.3. The number of amides is 1. The topological polar surface area (TPSA) is 75.6 Å². The molecule has 0 unspecified atom stereocenters. The number of carbonyl (C=O) groups excluding carboxylic acids is 1. The summed E-state index contributed by atoms with van der Waals surface area (Å²) in [6.07, 6.45) is 0. The monoisotopic (exact) mass is 355 g/mol. The number of hydrogen-bond donors (Lipinski definition) is 2. The summed E-state index contributed by atoms with van der Waals surface area (Å²) in [5, 5.41) is 13.0. The number of anilines is 1. The standard InChI is InChI=1S/C13H10BrNO4S/c14-8-1-3-9(4-2-8)19-7-11(16)15-10-5-6-20-12(10)13(17)18/h1-6H,7H2,(H,15,16)(H,17,18). The fourth-order valence-corrected chi connectivity index (χ4v) is 2.39. The average Bonchev–Trinajstić information content (AvgIpc) is 2.86. The summed E-state index contributed by atoms with van der Waals surface area (Å²) in [7, 11) is 0. The molecule has 0 bridgehead atoms. The molecule has 0 atom stereocenters. The molecule has 2 rings (SSSR count). The van der Waals surface area contributed by atoms with Crippen LogP contribution in [-0.2, 0) is 4.79 Å². The molecule has 1 heterocycles. The van der Waals surface area contributed by atoms with Crippen LogP contribution in [0.25, 0.3) is 0 Å². The van der Waals surface area contributed by atoms with Crippen molar-refractivity contribution >= 4 is 44.8 Å². The number of nitrogens with one attached hydrogen (secondary N) is 1. The van der Waals surface area contributed by atoms with Crippen molar-refractivity contribution in [1.29, 1.82) is 0 Å². The first-order valence-electron chi connectivity index (χ1n) is 5.55. The fourth-order valence-electron chi connectivity index (χ4n) is 1.44. The highest BCUT2D eigenvalue weighted by atomic mass is 79.9. The van der Waals surface area contributed by atoms with Crippen molar-refractivity contribution < 1.29 is 19.4 Å². The maximum atomic E-state index is 11.7. The van der Waals surface area contributed by atoms with Gasteiger partial charge in [0.05, 0.1) is 5.69 Å². The van der Waals surface area contributed by atoms with Gasteiger partial charge in [-0.3, -0.25) is 4.79 Å². The largest absolute Gasteiger partial charge is 0.484 e. The number of carboxylic acids is 1. The SMILES string of the molecule is O=C(COc1ccc(Br)cc1)Nc1ccsc1C(=O)O. The zero-order chi connectivity index (χ0) is 14.5. The Bertz CT molecular complexity index is 624. The average molecular weight is 356 g/mol. The smallest absolute Gasteiger partial charge is 0.348 e. The lowest BCUT2D eigenvalue weighted by Gasteiger charge is -2.07. The van der Waals surface area contributed by atoms with Crippen molar-refractivity contribution in [3.8, 4) is 5.75 Å². The van der Waals surface area contributed by atoms with Crippen LogP contribution in [0.3, 0.4) is 0 Å². The second kappa shape index (κ2) is 6.53. The third-order valence-electron chi connectivity index (χ3n) is 2.32. The Morgan fingerprint density at radius 1 is 1.25 bits per heavy atom. The van der Waals surface area contributed by atoms with Gasteiger partial charge >= 0.3 is 5.97 Å². The third kappa shape index (κ3) is 3.82. The summed E-state index contributed by atoms with van der Waals surface area (Å²) in [6, 6.07) is 8.60. The molecule has 0 aliphatic rings. The number of thiophene rings is 1. The number of benzene rings is 1. The van der Waals surface area contributed by atoms with Crippen LogP contribution in [0.5, 0.6) is 5.75 Å². The summed E-state index contributed by atoms with van der Waals surface area (Å²) in [5.41, 5.74) is 0.284. The summed E-state index contributed by atoms with van der Waals surface area (Å²) in [4.78, 5) is 22.7. The van der Waals surface area contributed by atoms with E-state index in [4.69, 9.17) is 9.84 Å². The summed E-state index contributed by atoms with van der Waals surface area (Å²) >= 11 is 4.35. The van der Waals surface area contributed by atoms with E-state index < -0.39 is 11.9 Å². The van der Waals surface area contributed by atoms with Gasteiger partial charge in [0.1, 0.15) is 10.6 Å². The van der Waals surface area contributed by atoms with Crippen molar-refractivity contribution in [2.24, 2.45) is 0 Å². The molecule has 1 aromatic heterocycles. The molecule has 2 aromatic rings. The van der Waals surface area contributed by atoms with Gasteiger partial charge in [-0.05, 0) is 35.7 Å². The number of rotatable bonds is 5. The number of carboxylic acid groups (broad SMARTS) is 1. The Morgan fingerprint density at radius 3 is 2.60 bits per heavy atom. The van der Waals surface area contributed by atoms with E-state index in [2.05, 4.69) is 21.2 Å². The van der Waals surface area contributed by atoms with Gasteiger partial charge in [-0.15, -0.1) is 11.3 Å². The molecule has 2 N–H and O–H groups in total. The molecule has 0 fully saturated rings. The zero-order valence-electron chi connectivity index (χ0n) is 10.1. The van der Waals surface area contributed by atoms with E-state index in [-0.39, 0.29) is 17.2 Å². The third-order valence-corrected chi connectivity index (χ3v) is 3.75. The summed E-state index contributed by atoms with van der Waals surface area (Å²) < 4.78 is 6.21. The van der Waals surface area contributed by atoms with Gasteiger partial charge in [-0.1, -0.05) is 15.9 Å². The van der Waals surface area contributed by atoms with E-state index in [1.165, 1.54) is 0 Å². The molecule has 0 aliphatic heterocycles. The van der Waals surface area contributed by atoms with Gasteiger partial charge in [0.15, 0.2) is 6.61 Å². The Balaban J connectivity index is 1.91. The van der Waals surface area contributed by atoms with Crippen molar-refractivity contribution in [2.45, 2.75) is 0 Å². The quantitative estimate of drug-likeness (QED) is 0.863. The highest BCUT2D eigenvalue weighted by Crippen LogP contribution is 2.22. The summed E-state index contributed by atoms with van der Waals surface area (Å²) in [5.74, 6) is -0.912. The Morgan fingerprint density at radius 2 is 1.95 bits per heavy atom. The highest BCUT2D eigenvalue weighted by molar-refractivity contribution is 9.10. The Kier molecular flexibility index (Phi) is 4.75. The first kappa shape index (κ1) is 14.5. The van der Waals surface area contributed by atoms with E-state index in [1.807, 2.05) is 0 Å². The molecular weight excluding hydrogens is 346 g/mol. The lowest BCUT2D eigenvalue weighted by Crippen LogP contribution is -2.20. The number of aromatic carboxylic acids is 1. The van der Waals surface area contributed by atoms with Crippen molar-refractivity contribution in [1.82, 2.24) is 0 Å². The molecule has 20 heavy (non-hydrogen) atoms. The second-order valence-corrected chi connectivity index (χ2v) is 5.59. The Labute approximate surface area is 127 Å². The van der Waals surface area contributed by atoms with E-state index in [0.29, 0.717) is 5.75 Å². The van der Waals surface area contributed by atoms with Gasteiger partial charge in [0.25, 0.3) is 5.91 Å². The molecule has 0 aliphatic carbocycles. The zero-order valence-corrected chi connectivity index (χ0v) is 12.5. The minimum absolute atomic E-state index is 0.0991. The van der Waals surface area contributed by atoms with Crippen LogP contribution in [-0.4, -0.2) is 23.6 Å². The molecular formula is C13H10BrNO4S. The number of halogens is 1. The van der Waals surface area contributed by atoms with Crippen LogP contribution in [0, 0.1) is 0 Å². The van der Waals surface area contributed by atoms with Crippen LogP contribution in [0.2, 0.25) is 0 Å². The van der Waals surface area contributed by atoms with Gasteiger partial charge in [-0.2, -0.15) is 0 Å².